The molecule has 1 aliphatic rings. The Kier molecular flexibility index (Phi) is 6.02. The Morgan fingerprint density at radius 1 is 1.40 bits per heavy atom. The summed E-state index contributed by atoms with van der Waals surface area (Å²) in [4.78, 5) is 4.80. The number of halogens is 1. The van der Waals surface area contributed by atoms with Gasteiger partial charge in [0.15, 0.2) is 0 Å². The molecule has 20 heavy (non-hydrogen) atoms. The number of hydrogen-bond donors (Lipinski definition) is 1. The van der Waals surface area contributed by atoms with E-state index in [1.165, 1.54) is 19.4 Å². The van der Waals surface area contributed by atoms with E-state index in [4.69, 9.17) is 0 Å². The predicted octanol–water partition coefficient (Wildman–Crippen LogP) is 2.90. The molecule has 1 aromatic carbocycles. The fourth-order valence-corrected chi connectivity index (χ4v) is 3.12. The van der Waals surface area contributed by atoms with Crippen LogP contribution in [0.1, 0.15) is 30.9 Å². The first kappa shape index (κ1) is 16.0. The Bertz CT molecular complexity index is 409. The molecule has 1 fully saturated rings. The van der Waals surface area contributed by atoms with Crippen molar-refractivity contribution in [2.45, 2.75) is 31.4 Å². The summed E-state index contributed by atoms with van der Waals surface area (Å²) in [6.45, 7) is 3.30. The molecule has 2 atom stereocenters. The lowest BCUT2D eigenvalue weighted by atomic mass is 10.0. The number of rotatable bonds is 5. The van der Waals surface area contributed by atoms with Crippen LogP contribution < -0.4 is 0 Å². The minimum absolute atomic E-state index is 0.369. The normalized spacial score (nSPS) is 22.1. The van der Waals surface area contributed by atoms with Crippen molar-refractivity contribution in [2.24, 2.45) is 0 Å². The van der Waals surface area contributed by atoms with E-state index in [1.807, 2.05) is 24.3 Å². The third-order valence-electron chi connectivity index (χ3n) is 4.23. The lowest BCUT2D eigenvalue weighted by Crippen LogP contribution is -2.45. The third kappa shape index (κ3) is 4.55. The summed E-state index contributed by atoms with van der Waals surface area (Å²) >= 11 is 3.42. The Hall–Kier alpha value is -0.420. The summed E-state index contributed by atoms with van der Waals surface area (Å²) in [7, 11) is 4.37. The smallest absolute Gasteiger partial charge is 0.0802 e. The van der Waals surface area contributed by atoms with Gasteiger partial charge in [-0.05, 0) is 57.6 Å². The van der Waals surface area contributed by atoms with Crippen molar-refractivity contribution in [2.75, 3.05) is 33.7 Å². The minimum Gasteiger partial charge on any atom is -0.388 e. The maximum atomic E-state index is 10.3. The Labute approximate surface area is 130 Å². The predicted molar refractivity (Wildman–Crippen MR) is 86.9 cm³/mol. The molecule has 4 heteroatoms. The van der Waals surface area contributed by atoms with Crippen LogP contribution in [0.4, 0.5) is 0 Å². The minimum atomic E-state index is -0.369. The lowest BCUT2D eigenvalue weighted by Gasteiger charge is -2.36. The van der Waals surface area contributed by atoms with Crippen molar-refractivity contribution in [3.63, 3.8) is 0 Å². The highest BCUT2D eigenvalue weighted by atomic mass is 79.9. The standard InChI is InChI=1S/C16H25BrN2O/c1-18-10-3-4-15(12-18)19(2)11-9-16(20)13-5-7-14(17)8-6-13/h5-8,15-16,20H,3-4,9-12H2,1-2H3. The maximum absolute atomic E-state index is 10.3. The molecular weight excluding hydrogens is 316 g/mol. The molecule has 1 aliphatic heterocycles. The number of likely N-dealkylation sites (N-methyl/N-ethyl adjacent to an activating group) is 2. The summed E-state index contributed by atoms with van der Waals surface area (Å²) in [5, 5.41) is 10.3. The molecule has 0 saturated carbocycles. The van der Waals surface area contributed by atoms with E-state index >= 15 is 0 Å². The van der Waals surface area contributed by atoms with Gasteiger partial charge in [-0.1, -0.05) is 28.1 Å². The maximum Gasteiger partial charge on any atom is 0.0802 e. The molecule has 0 radical (unpaired) electrons. The van der Waals surface area contributed by atoms with Crippen molar-refractivity contribution in [1.82, 2.24) is 9.80 Å². The monoisotopic (exact) mass is 340 g/mol. The van der Waals surface area contributed by atoms with Crippen LogP contribution in [0.2, 0.25) is 0 Å². The quantitative estimate of drug-likeness (QED) is 0.892. The summed E-state index contributed by atoms with van der Waals surface area (Å²) in [5.74, 6) is 0. The van der Waals surface area contributed by atoms with Crippen LogP contribution in [0, 0.1) is 0 Å². The van der Waals surface area contributed by atoms with Gasteiger partial charge in [0.1, 0.15) is 0 Å². The van der Waals surface area contributed by atoms with Crippen LogP contribution in [0.25, 0.3) is 0 Å². The van der Waals surface area contributed by atoms with Crippen molar-refractivity contribution in [3.8, 4) is 0 Å². The average molecular weight is 341 g/mol. The Balaban J connectivity index is 1.80. The van der Waals surface area contributed by atoms with E-state index < -0.39 is 0 Å². The molecule has 1 aromatic rings. The second kappa shape index (κ2) is 7.55. The summed E-state index contributed by atoms with van der Waals surface area (Å²) in [5.41, 5.74) is 1.00. The van der Waals surface area contributed by atoms with Gasteiger partial charge in [-0.15, -0.1) is 0 Å². The van der Waals surface area contributed by atoms with Gasteiger partial charge in [0.25, 0.3) is 0 Å². The van der Waals surface area contributed by atoms with Crippen molar-refractivity contribution < 1.29 is 5.11 Å². The highest BCUT2D eigenvalue weighted by molar-refractivity contribution is 9.10. The molecule has 3 nitrogen and oxygen atoms in total. The molecule has 1 N–H and O–H groups in total. The van der Waals surface area contributed by atoms with Gasteiger partial charge < -0.3 is 14.9 Å². The lowest BCUT2D eigenvalue weighted by molar-refractivity contribution is 0.104. The van der Waals surface area contributed by atoms with Gasteiger partial charge >= 0.3 is 0 Å². The second-order valence-electron chi connectivity index (χ2n) is 5.89. The molecule has 0 aromatic heterocycles. The third-order valence-corrected chi connectivity index (χ3v) is 4.76. The highest BCUT2D eigenvalue weighted by Gasteiger charge is 2.21. The zero-order valence-corrected chi connectivity index (χ0v) is 14.0. The topological polar surface area (TPSA) is 26.7 Å². The van der Waals surface area contributed by atoms with Crippen LogP contribution in [-0.4, -0.2) is 54.7 Å². The molecule has 0 aliphatic carbocycles. The number of aliphatic hydroxyl groups is 1. The van der Waals surface area contributed by atoms with E-state index in [0.717, 1.165) is 29.5 Å². The summed E-state index contributed by atoms with van der Waals surface area (Å²) in [6.07, 6.45) is 2.97. The van der Waals surface area contributed by atoms with E-state index in [-0.39, 0.29) is 6.10 Å². The van der Waals surface area contributed by atoms with Crippen molar-refractivity contribution in [3.05, 3.63) is 34.3 Å². The molecule has 2 rings (SSSR count). The summed E-state index contributed by atoms with van der Waals surface area (Å²) in [6, 6.07) is 8.58. The number of benzene rings is 1. The Morgan fingerprint density at radius 3 is 2.75 bits per heavy atom. The number of piperidine rings is 1. The van der Waals surface area contributed by atoms with Crippen LogP contribution >= 0.6 is 15.9 Å². The van der Waals surface area contributed by atoms with Crippen molar-refractivity contribution in [1.29, 1.82) is 0 Å². The zero-order valence-electron chi connectivity index (χ0n) is 12.4. The summed E-state index contributed by atoms with van der Waals surface area (Å²) < 4.78 is 1.05. The molecule has 112 valence electrons. The van der Waals surface area contributed by atoms with Crippen LogP contribution in [0.3, 0.4) is 0 Å². The molecule has 0 spiro atoms. The van der Waals surface area contributed by atoms with Gasteiger partial charge in [-0.25, -0.2) is 0 Å². The van der Waals surface area contributed by atoms with Gasteiger partial charge in [0.2, 0.25) is 0 Å². The van der Waals surface area contributed by atoms with Gasteiger partial charge in [-0.2, -0.15) is 0 Å². The Morgan fingerprint density at radius 2 is 2.10 bits per heavy atom. The highest BCUT2D eigenvalue weighted by Crippen LogP contribution is 2.21. The molecule has 0 amide bonds. The van der Waals surface area contributed by atoms with Crippen LogP contribution in [-0.2, 0) is 0 Å². The fourth-order valence-electron chi connectivity index (χ4n) is 2.86. The van der Waals surface area contributed by atoms with E-state index in [0.29, 0.717) is 6.04 Å². The number of likely N-dealkylation sites (tertiary alicyclic amines) is 1. The number of hydrogen-bond acceptors (Lipinski definition) is 3. The molecule has 1 heterocycles. The second-order valence-corrected chi connectivity index (χ2v) is 6.81. The van der Waals surface area contributed by atoms with Crippen molar-refractivity contribution >= 4 is 15.9 Å². The van der Waals surface area contributed by atoms with E-state index in [2.05, 4.69) is 39.8 Å². The largest absolute Gasteiger partial charge is 0.388 e. The first-order valence-electron chi connectivity index (χ1n) is 7.38. The number of aliphatic hydroxyl groups excluding tert-OH is 1. The first-order chi connectivity index (χ1) is 9.56. The fraction of sp³-hybridized carbons (Fsp3) is 0.625. The first-order valence-corrected chi connectivity index (χ1v) is 8.18. The van der Waals surface area contributed by atoms with Crippen LogP contribution in [0.15, 0.2) is 28.7 Å². The molecule has 0 bridgehead atoms. The molecule has 2 unspecified atom stereocenters. The van der Waals surface area contributed by atoms with E-state index in [1.54, 1.807) is 0 Å². The molecular formula is C16H25BrN2O. The van der Waals surface area contributed by atoms with Gasteiger partial charge in [-0.3, -0.25) is 0 Å². The zero-order chi connectivity index (χ0) is 14.5. The number of nitrogens with zero attached hydrogens (tertiary/aromatic N) is 2. The van der Waals surface area contributed by atoms with Gasteiger partial charge in [0, 0.05) is 23.6 Å². The molecule has 1 saturated heterocycles. The average Bonchev–Trinajstić information content (AvgIpc) is 2.45. The SMILES string of the molecule is CN1CCCC(N(C)CCC(O)c2ccc(Br)cc2)C1. The van der Waals surface area contributed by atoms with E-state index in [9.17, 15) is 5.11 Å². The van der Waals surface area contributed by atoms with Gasteiger partial charge in [0.05, 0.1) is 6.10 Å². The van der Waals surface area contributed by atoms with Crippen LogP contribution in [0.5, 0.6) is 0 Å².